The molecule has 7 nitrogen and oxygen atoms in total. The third-order valence-corrected chi connectivity index (χ3v) is 3.06. The molecule has 1 aromatic carbocycles. The summed E-state index contributed by atoms with van der Waals surface area (Å²) in [5.41, 5.74) is 4.95. The molecule has 3 aromatic rings. The molecule has 0 aliphatic rings. The summed E-state index contributed by atoms with van der Waals surface area (Å²) in [6.07, 6.45) is 1.57. The van der Waals surface area contributed by atoms with Gasteiger partial charge in [0.15, 0.2) is 5.43 Å². The van der Waals surface area contributed by atoms with Crippen molar-refractivity contribution in [2.75, 3.05) is 5.43 Å². The molecular weight excluding hydrogens is 308 g/mol. The minimum absolute atomic E-state index is 0.0300. The fourth-order valence-corrected chi connectivity index (χ4v) is 2.00. The summed E-state index contributed by atoms with van der Waals surface area (Å²) in [5, 5.41) is 10.1. The highest BCUT2D eigenvalue weighted by Gasteiger charge is 2.11. The van der Waals surface area contributed by atoms with Gasteiger partial charge in [0.1, 0.15) is 17.3 Å². The van der Waals surface area contributed by atoms with Crippen molar-refractivity contribution in [2.45, 2.75) is 13.8 Å². The molecule has 2 aromatic heterocycles. The van der Waals surface area contributed by atoms with Crippen molar-refractivity contribution in [1.29, 1.82) is 0 Å². The van der Waals surface area contributed by atoms with E-state index in [4.69, 9.17) is 0 Å². The number of nitrogens with one attached hydrogen (secondary N) is 3. The van der Waals surface area contributed by atoms with Gasteiger partial charge in [0.2, 0.25) is 0 Å². The lowest BCUT2D eigenvalue weighted by molar-refractivity contribution is 0.0958. The Bertz CT molecular complexity index is 891. The topological polar surface area (TPSA) is 107 Å². The van der Waals surface area contributed by atoms with E-state index in [0.29, 0.717) is 11.2 Å². The van der Waals surface area contributed by atoms with Crippen molar-refractivity contribution in [3.05, 3.63) is 64.6 Å². The third-order valence-electron chi connectivity index (χ3n) is 3.06. The van der Waals surface area contributed by atoms with Gasteiger partial charge >= 0.3 is 0 Å². The molecule has 24 heavy (non-hydrogen) atoms. The molecule has 3 rings (SSSR count). The molecule has 0 aliphatic heterocycles. The van der Waals surface area contributed by atoms with Gasteiger partial charge in [-0.3, -0.25) is 20.4 Å². The normalized spacial score (nSPS) is 9.75. The first kappa shape index (κ1) is 17.0. The largest absolute Gasteiger partial charge is 0.506 e. The van der Waals surface area contributed by atoms with E-state index in [1.807, 2.05) is 13.8 Å². The molecule has 7 heteroatoms. The summed E-state index contributed by atoms with van der Waals surface area (Å²) in [5.74, 6) is -0.184. The maximum absolute atomic E-state index is 12.1. The van der Waals surface area contributed by atoms with Crippen LogP contribution in [0, 0.1) is 0 Å². The van der Waals surface area contributed by atoms with Crippen molar-refractivity contribution in [3.8, 4) is 5.75 Å². The number of hydrogen-bond donors (Lipinski definition) is 4. The predicted octanol–water partition coefficient (Wildman–Crippen LogP) is 2.41. The number of H-pyrrole nitrogens is 1. The number of hydrazine groups is 1. The van der Waals surface area contributed by atoms with Gasteiger partial charge in [0, 0.05) is 17.6 Å². The fraction of sp³-hybridized carbons (Fsp3) is 0.118. The van der Waals surface area contributed by atoms with E-state index in [1.165, 1.54) is 12.1 Å². The smallest absolute Gasteiger partial charge is 0.286 e. The average molecular weight is 326 g/mol. The van der Waals surface area contributed by atoms with Crippen LogP contribution in [0.25, 0.3) is 10.9 Å². The molecule has 4 N–H and O–H groups in total. The molecule has 0 bridgehead atoms. The Morgan fingerprint density at radius 2 is 1.96 bits per heavy atom. The second-order valence-electron chi connectivity index (χ2n) is 4.54. The Morgan fingerprint density at radius 3 is 2.67 bits per heavy atom. The first-order chi connectivity index (χ1) is 11.6. The summed E-state index contributed by atoms with van der Waals surface area (Å²) >= 11 is 0. The molecule has 0 saturated carbocycles. The molecule has 124 valence electrons. The molecule has 0 saturated heterocycles. The number of carbonyl (C=O) groups excluding carboxylic acids is 1. The van der Waals surface area contributed by atoms with Crippen LogP contribution in [0.5, 0.6) is 5.75 Å². The first-order valence-corrected chi connectivity index (χ1v) is 7.47. The number of aromatic hydroxyl groups is 1. The quantitative estimate of drug-likeness (QED) is 0.553. The molecule has 1 amide bonds. The zero-order valence-corrected chi connectivity index (χ0v) is 13.3. The van der Waals surface area contributed by atoms with Gasteiger partial charge in [-0.1, -0.05) is 26.0 Å². The summed E-state index contributed by atoms with van der Waals surface area (Å²) in [6, 6.07) is 10.9. The van der Waals surface area contributed by atoms with Gasteiger partial charge in [-0.15, -0.1) is 0 Å². The number of hydrogen-bond acceptors (Lipinski definition) is 5. The Labute approximate surface area is 138 Å². The number of phenolic OH excluding ortho intramolecular Hbond substituents is 1. The molecule has 0 unspecified atom stereocenters. The molecule has 0 fully saturated rings. The number of anilines is 1. The van der Waals surface area contributed by atoms with Crippen LogP contribution in [0.4, 0.5) is 5.82 Å². The molecule has 0 spiro atoms. The lowest BCUT2D eigenvalue weighted by Crippen LogP contribution is -2.31. The number of rotatable bonds is 3. The van der Waals surface area contributed by atoms with Gasteiger partial charge in [0.05, 0.1) is 5.52 Å². The minimum atomic E-state index is -0.548. The maximum Gasteiger partial charge on any atom is 0.286 e. The second-order valence-corrected chi connectivity index (χ2v) is 4.54. The molecule has 2 heterocycles. The number of aromatic nitrogens is 2. The van der Waals surface area contributed by atoms with Gasteiger partial charge in [-0.05, 0) is 24.3 Å². The summed E-state index contributed by atoms with van der Waals surface area (Å²) in [7, 11) is 0. The van der Waals surface area contributed by atoms with Gasteiger partial charge in [-0.25, -0.2) is 4.98 Å². The van der Waals surface area contributed by atoms with E-state index in [0.717, 1.165) is 0 Å². The summed E-state index contributed by atoms with van der Waals surface area (Å²) < 4.78 is 0. The lowest BCUT2D eigenvalue weighted by Gasteiger charge is -2.08. The Morgan fingerprint density at radius 1 is 1.17 bits per heavy atom. The van der Waals surface area contributed by atoms with Crippen LogP contribution in [0.15, 0.2) is 53.5 Å². The highest BCUT2D eigenvalue weighted by atomic mass is 16.3. The van der Waals surface area contributed by atoms with Crippen molar-refractivity contribution in [2.24, 2.45) is 0 Å². The number of carbonyl (C=O) groups is 1. The summed E-state index contributed by atoms with van der Waals surface area (Å²) in [6.45, 7) is 4.00. The van der Waals surface area contributed by atoms with Crippen LogP contribution in [0.3, 0.4) is 0 Å². The zero-order chi connectivity index (χ0) is 17.5. The summed E-state index contributed by atoms with van der Waals surface area (Å²) in [4.78, 5) is 30.8. The van der Waals surface area contributed by atoms with Gasteiger partial charge in [-0.2, -0.15) is 0 Å². The predicted molar refractivity (Wildman–Crippen MR) is 92.9 cm³/mol. The zero-order valence-electron chi connectivity index (χ0n) is 13.3. The van der Waals surface area contributed by atoms with Gasteiger partial charge in [0.25, 0.3) is 5.91 Å². The average Bonchev–Trinajstić information content (AvgIpc) is 2.63. The van der Waals surface area contributed by atoms with Crippen LogP contribution in [-0.2, 0) is 0 Å². The highest BCUT2D eigenvalue weighted by molar-refractivity contribution is 5.96. The van der Waals surface area contributed by atoms with E-state index in [2.05, 4.69) is 20.8 Å². The number of nitrogens with zero attached hydrogens (tertiary/aromatic N) is 1. The lowest BCUT2D eigenvalue weighted by atomic mass is 10.2. The number of pyridine rings is 2. The fourth-order valence-electron chi connectivity index (χ4n) is 2.00. The van der Waals surface area contributed by atoms with Crippen LogP contribution in [-0.4, -0.2) is 21.0 Å². The molecule has 0 radical (unpaired) electrons. The second kappa shape index (κ2) is 7.77. The van der Waals surface area contributed by atoms with E-state index in [-0.39, 0.29) is 22.4 Å². The van der Waals surface area contributed by atoms with Crippen molar-refractivity contribution in [1.82, 2.24) is 15.4 Å². The van der Waals surface area contributed by atoms with Crippen LogP contribution < -0.4 is 16.3 Å². The monoisotopic (exact) mass is 326 g/mol. The number of phenols is 1. The molecule has 0 aliphatic carbocycles. The number of benzene rings is 1. The Kier molecular flexibility index (Phi) is 5.51. The molecular formula is C17H18N4O3. The van der Waals surface area contributed by atoms with E-state index < -0.39 is 5.91 Å². The van der Waals surface area contributed by atoms with Crippen molar-refractivity contribution in [3.63, 3.8) is 0 Å². The van der Waals surface area contributed by atoms with Crippen molar-refractivity contribution < 1.29 is 9.90 Å². The van der Waals surface area contributed by atoms with Crippen molar-refractivity contribution >= 4 is 22.6 Å². The SMILES string of the molecule is CC.O=C(NNc1ccccn1)c1cc(=O)c2cccc(O)c2[nH]1. The van der Waals surface area contributed by atoms with Crippen LogP contribution >= 0.6 is 0 Å². The highest BCUT2D eigenvalue weighted by Crippen LogP contribution is 2.19. The van der Waals surface area contributed by atoms with Crippen LogP contribution in [0.1, 0.15) is 24.3 Å². The Balaban J connectivity index is 0.00000100. The number of para-hydroxylation sites is 1. The number of amides is 1. The number of aromatic amines is 1. The third kappa shape index (κ3) is 3.70. The van der Waals surface area contributed by atoms with Gasteiger partial charge < -0.3 is 10.1 Å². The van der Waals surface area contributed by atoms with E-state index in [9.17, 15) is 14.7 Å². The Hall–Kier alpha value is -3.35. The first-order valence-electron chi connectivity index (χ1n) is 7.47. The molecule has 0 atom stereocenters. The minimum Gasteiger partial charge on any atom is -0.506 e. The standard InChI is InChI=1S/C15H12N4O3.C2H6/c20-11-5-3-4-9-12(21)8-10(17-14(9)11)15(22)19-18-13-6-1-2-7-16-13;1-2/h1-8,20H,(H,16,18)(H,17,21)(H,19,22);1-2H3. The van der Waals surface area contributed by atoms with Crippen LogP contribution in [0.2, 0.25) is 0 Å². The maximum atomic E-state index is 12.1. The number of fused-ring (bicyclic) bond motifs is 1. The van der Waals surface area contributed by atoms with E-state index >= 15 is 0 Å². The van der Waals surface area contributed by atoms with E-state index in [1.54, 1.807) is 36.5 Å².